The van der Waals surface area contributed by atoms with Crippen LogP contribution in [-0.2, 0) is 16.1 Å². The molecule has 4 rings (SSSR count). The molecule has 1 aliphatic heterocycles. The number of hydrogen-bond acceptors (Lipinski definition) is 8. The first-order chi connectivity index (χ1) is 15.1. The topological polar surface area (TPSA) is 79.4 Å². The molecule has 10 heteroatoms. The molecule has 1 amide bonds. The molecule has 0 bridgehead atoms. The second-order valence-corrected chi connectivity index (χ2v) is 9.13. The Hall–Kier alpha value is -2.53. The molecule has 0 spiro atoms. The van der Waals surface area contributed by atoms with Crippen molar-refractivity contribution in [3.8, 4) is 0 Å². The van der Waals surface area contributed by atoms with Gasteiger partial charge in [-0.15, -0.1) is 10.2 Å². The standard InChI is InChI=1S/C21H22FN5O2S2/c22-16-3-7-18(8-4-16)24-20-25-26-21(31-20)30-14-19(28)23-17-5-1-15(2-6-17)13-27-9-11-29-12-10-27/h1-8H,9-14H2,(H,23,28)(H,24,25). The van der Waals surface area contributed by atoms with Gasteiger partial charge in [0.2, 0.25) is 11.0 Å². The molecule has 0 atom stereocenters. The fraction of sp³-hybridized carbons (Fsp3) is 0.286. The molecule has 2 heterocycles. The van der Waals surface area contributed by atoms with Gasteiger partial charge < -0.3 is 15.4 Å². The van der Waals surface area contributed by atoms with Gasteiger partial charge >= 0.3 is 0 Å². The Morgan fingerprint density at radius 2 is 1.77 bits per heavy atom. The number of morpholine rings is 1. The number of carbonyl (C=O) groups is 1. The van der Waals surface area contributed by atoms with E-state index in [2.05, 4.69) is 25.7 Å². The first kappa shape index (κ1) is 21.7. The van der Waals surface area contributed by atoms with E-state index in [1.54, 1.807) is 12.1 Å². The maximum atomic E-state index is 13.0. The van der Waals surface area contributed by atoms with Crippen molar-refractivity contribution in [2.45, 2.75) is 10.9 Å². The van der Waals surface area contributed by atoms with Gasteiger partial charge in [0.15, 0.2) is 4.34 Å². The van der Waals surface area contributed by atoms with E-state index in [-0.39, 0.29) is 17.5 Å². The molecule has 1 saturated heterocycles. The number of benzene rings is 2. The molecule has 162 valence electrons. The van der Waals surface area contributed by atoms with Crippen LogP contribution in [0, 0.1) is 5.82 Å². The first-order valence-electron chi connectivity index (χ1n) is 9.82. The number of aromatic nitrogens is 2. The second kappa shape index (κ2) is 10.7. The highest BCUT2D eigenvalue weighted by Crippen LogP contribution is 2.27. The zero-order valence-electron chi connectivity index (χ0n) is 16.7. The number of ether oxygens (including phenoxy) is 1. The van der Waals surface area contributed by atoms with Gasteiger partial charge in [-0.1, -0.05) is 35.2 Å². The fourth-order valence-electron chi connectivity index (χ4n) is 3.01. The van der Waals surface area contributed by atoms with Crippen LogP contribution in [0.25, 0.3) is 0 Å². The van der Waals surface area contributed by atoms with Gasteiger partial charge in [-0.3, -0.25) is 9.69 Å². The third-order valence-electron chi connectivity index (χ3n) is 4.58. The van der Waals surface area contributed by atoms with Crippen molar-refractivity contribution in [2.24, 2.45) is 0 Å². The fourth-order valence-corrected chi connectivity index (χ4v) is 4.58. The molecule has 0 aliphatic carbocycles. The van der Waals surface area contributed by atoms with Crippen molar-refractivity contribution < 1.29 is 13.9 Å². The molecule has 1 aromatic heterocycles. The second-order valence-electron chi connectivity index (χ2n) is 6.93. The zero-order chi connectivity index (χ0) is 21.5. The maximum absolute atomic E-state index is 13.0. The number of carbonyl (C=O) groups excluding carboxylic acids is 1. The summed E-state index contributed by atoms with van der Waals surface area (Å²) in [4.78, 5) is 14.6. The largest absolute Gasteiger partial charge is 0.379 e. The van der Waals surface area contributed by atoms with Gasteiger partial charge in [-0.2, -0.15) is 0 Å². The minimum Gasteiger partial charge on any atom is -0.379 e. The van der Waals surface area contributed by atoms with Crippen molar-refractivity contribution in [3.05, 3.63) is 59.9 Å². The average Bonchev–Trinajstić information content (AvgIpc) is 3.23. The minimum absolute atomic E-state index is 0.103. The van der Waals surface area contributed by atoms with Crippen molar-refractivity contribution in [1.82, 2.24) is 15.1 Å². The monoisotopic (exact) mass is 459 g/mol. The predicted molar refractivity (Wildman–Crippen MR) is 121 cm³/mol. The van der Waals surface area contributed by atoms with Crippen LogP contribution in [0.2, 0.25) is 0 Å². The third kappa shape index (κ3) is 6.73. The summed E-state index contributed by atoms with van der Waals surface area (Å²) in [5.74, 6) is -0.160. The van der Waals surface area contributed by atoms with E-state index in [1.807, 2.05) is 24.3 Å². The molecular formula is C21H22FN5O2S2. The summed E-state index contributed by atoms with van der Waals surface area (Å²) < 4.78 is 19.0. The van der Waals surface area contributed by atoms with E-state index in [1.165, 1.54) is 40.8 Å². The number of amides is 1. The Morgan fingerprint density at radius 3 is 2.52 bits per heavy atom. The van der Waals surface area contributed by atoms with Gasteiger partial charge in [0.1, 0.15) is 5.82 Å². The van der Waals surface area contributed by atoms with Crippen LogP contribution in [0.3, 0.4) is 0 Å². The number of nitrogens with zero attached hydrogens (tertiary/aromatic N) is 3. The van der Waals surface area contributed by atoms with Gasteiger partial charge in [-0.25, -0.2) is 4.39 Å². The highest BCUT2D eigenvalue weighted by molar-refractivity contribution is 8.01. The van der Waals surface area contributed by atoms with Crippen LogP contribution in [0.15, 0.2) is 52.9 Å². The number of nitrogens with one attached hydrogen (secondary N) is 2. The van der Waals surface area contributed by atoms with Crippen LogP contribution in [0.1, 0.15) is 5.56 Å². The normalized spacial score (nSPS) is 14.4. The molecule has 1 fully saturated rings. The molecule has 2 N–H and O–H groups in total. The highest BCUT2D eigenvalue weighted by atomic mass is 32.2. The smallest absolute Gasteiger partial charge is 0.234 e. The van der Waals surface area contributed by atoms with E-state index in [0.717, 1.165) is 44.2 Å². The maximum Gasteiger partial charge on any atom is 0.234 e. The van der Waals surface area contributed by atoms with E-state index in [4.69, 9.17) is 4.74 Å². The molecular weight excluding hydrogens is 437 g/mol. The summed E-state index contributed by atoms with van der Waals surface area (Å²) >= 11 is 2.66. The Morgan fingerprint density at radius 1 is 1.06 bits per heavy atom. The van der Waals surface area contributed by atoms with Gasteiger partial charge in [0, 0.05) is 31.0 Å². The average molecular weight is 460 g/mol. The van der Waals surface area contributed by atoms with Crippen LogP contribution in [-0.4, -0.2) is 53.1 Å². The molecule has 1 aliphatic rings. The molecule has 0 saturated carbocycles. The van der Waals surface area contributed by atoms with E-state index in [0.29, 0.717) is 9.47 Å². The lowest BCUT2D eigenvalue weighted by Crippen LogP contribution is -2.35. The minimum atomic E-state index is -0.295. The molecule has 3 aromatic rings. The lowest BCUT2D eigenvalue weighted by atomic mass is 10.2. The zero-order valence-corrected chi connectivity index (χ0v) is 18.3. The molecule has 2 aromatic carbocycles. The number of halogens is 1. The third-order valence-corrected chi connectivity index (χ3v) is 6.55. The SMILES string of the molecule is O=C(CSc1nnc(Nc2ccc(F)cc2)s1)Nc1ccc(CN2CCOCC2)cc1. The Kier molecular flexibility index (Phi) is 7.47. The molecule has 0 unspecified atom stereocenters. The summed E-state index contributed by atoms with van der Waals surface area (Å²) in [6.45, 7) is 4.35. The van der Waals surface area contributed by atoms with Crippen molar-refractivity contribution in [2.75, 3.05) is 42.7 Å². The van der Waals surface area contributed by atoms with E-state index < -0.39 is 0 Å². The van der Waals surface area contributed by atoms with Crippen LogP contribution < -0.4 is 10.6 Å². The predicted octanol–water partition coefficient (Wildman–Crippen LogP) is 3.98. The molecule has 7 nitrogen and oxygen atoms in total. The van der Waals surface area contributed by atoms with Crippen LogP contribution in [0.4, 0.5) is 20.9 Å². The van der Waals surface area contributed by atoms with E-state index >= 15 is 0 Å². The Bertz CT molecular complexity index is 992. The van der Waals surface area contributed by atoms with Crippen molar-refractivity contribution in [3.63, 3.8) is 0 Å². The first-order valence-corrected chi connectivity index (χ1v) is 11.6. The summed E-state index contributed by atoms with van der Waals surface area (Å²) in [6, 6.07) is 13.9. The van der Waals surface area contributed by atoms with Gasteiger partial charge in [0.25, 0.3) is 0 Å². The van der Waals surface area contributed by atoms with Crippen LogP contribution >= 0.6 is 23.1 Å². The number of anilines is 3. The summed E-state index contributed by atoms with van der Waals surface area (Å²) in [7, 11) is 0. The van der Waals surface area contributed by atoms with Crippen LogP contribution in [0.5, 0.6) is 0 Å². The Labute approximate surface area is 188 Å². The Balaban J connectivity index is 1.22. The summed E-state index contributed by atoms with van der Waals surface area (Å²) in [5, 5.41) is 14.7. The molecule has 31 heavy (non-hydrogen) atoms. The van der Waals surface area contributed by atoms with Crippen molar-refractivity contribution >= 4 is 45.5 Å². The molecule has 0 radical (unpaired) electrons. The number of thioether (sulfide) groups is 1. The van der Waals surface area contributed by atoms with Gasteiger partial charge in [0.05, 0.1) is 19.0 Å². The van der Waals surface area contributed by atoms with Crippen molar-refractivity contribution in [1.29, 1.82) is 0 Å². The summed E-state index contributed by atoms with van der Waals surface area (Å²) in [5.41, 5.74) is 2.71. The lowest BCUT2D eigenvalue weighted by molar-refractivity contribution is -0.113. The lowest BCUT2D eigenvalue weighted by Gasteiger charge is -2.26. The quantitative estimate of drug-likeness (QED) is 0.493. The number of hydrogen-bond donors (Lipinski definition) is 2. The van der Waals surface area contributed by atoms with E-state index in [9.17, 15) is 9.18 Å². The highest BCUT2D eigenvalue weighted by Gasteiger charge is 2.11. The van der Waals surface area contributed by atoms with Gasteiger partial charge in [-0.05, 0) is 42.0 Å². The summed E-state index contributed by atoms with van der Waals surface area (Å²) in [6.07, 6.45) is 0. The number of rotatable bonds is 8.